The number of rotatable bonds is 4. The fourth-order valence-electron chi connectivity index (χ4n) is 2.39. The average Bonchev–Trinajstić information content (AvgIpc) is 3.24. The lowest BCUT2D eigenvalue weighted by atomic mass is 10.2. The van der Waals surface area contributed by atoms with Crippen molar-refractivity contribution in [1.29, 1.82) is 10.5 Å². The number of esters is 1. The highest BCUT2D eigenvalue weighted by Gasteiger charge is 2.40. The molecule has 0 saturated heterocycles. The molecule has 5 N–H and O–H groups in total. The smallest absolute Gasteiger partial charge is 0.459 e. The summed E-state index contributed by atoms with van der Waals surface area (Å²) >= 11 is 0. The molecule has 42 heavy (non-hydrogen) atoms. The van der Waals surface area contributed by atoms with Crippen molar-refractivity contribution in [2.24, 2.45) is 5.84 Å². The molecule has 0 aliphatic carbocycles. The van der Waals surface area contributed by atoms with Gasteiger partial charge in [0.1, 0.15) is 11.6 Å². The van der Waals surface area contributed by atoms with Gasteiger partial charge in [-0.3, -0.25) is 10.6 Å². The summed E-state index contributed by atoms with van der Waals surface area (Å²) < 4.78 is 38.9. The van der Waals surface area contributed by atoms with Gasteiger partial charge >= 0.3 is 12.1 Å². The Balaban J connectivity index is -0.000000484. The zero-order valence-corrected chi connectivity index (χ0v) is 25.1. The van der Waals surface area contributed by atoms with E-state index in [1.807, 2.05) is 68.4 Å². The van der Waals surface area contributed by atoms with Crippen molar-refractivity contribution < 1.29 is 27.5 Å². The summed E-state index contributed by atoms with van der Waals surface area (Å²) in [5.74, 6) is 3.62. The van der Waals surface area contributed by atoms with Crippen molar-refractivity contribution >= 4 is 35.7 Å². The minimum absolute atomic E-state index is 0. The Morgan fingerprint density at radius 3 is 1.74 bits per heavy atom. The van der Waals surface area contributed by atoms with Crippen LogP contribution >= 0.6 is 12.4 Å². The van der Waals surface area contributed by atoms with Crippen LogP contribution in [0, 0.1) is 43.4 Å². The lowest BCUT2D eigenvalue weighted by Crippen LogP contribution is -2.25. The number of nitrogens with two attached hydrogens (primary N) is 2. The molecule has 3 rings (SSSR count). The fourth-order valence-corrected chi connectivity index (χ4v) is 2.39. The molecule has 14 heteroatoms. The standard InChI is InChI=1S/C11H13N3.C7H10N2.C4H5F3O2.C4H5NO.C2H3N.ClH/c1-8-3-5-10(6-4-8)14-11(12)7-9(2)13-14;1-6-2-4-7(9-8)5-3-6;1-2-9-3(8)4(5,6)7;1-4(6)2-3-5;1-2-3;/h3-7H,12H2,1-2H3;2-5,9H,8H2,1H3;2H2,1H3;2H2,1H3;1H3;1H. The van der Waals surface area contributed by atoms with Gasteiger partial charge in [-0.2, -0.15) is 28.8 Å². The predicted octanol–water partition coefficient (Wildman–Crippen LogP) is 5.90. The number of carbonyl (C=O) groups excluding carboxylic acids is 2. The number of hydrogen-bond donors (Lipinski definition) is 3. The van der Waals surface area contributed by atoms with Crippen LogP contribution in [0.4, 0.5) is 24.7 Å². The Labute approximate surface area is 250 Å². The van der Waals surface area contributed by atoms with E-state index in [1.165, 1.54) is 31.9 Å². The number of nitriles is 2. The molecule has 0 aliphatic heterocycles. The Morgan fingerprint density at radius 1 is 1.02 bits per heavy atom. The normalized spacial score (nSPS) is 8.95. The first-order valence-electron chi connectivity index (χ1n) is 12.0. The molecule has 1 heterocycles. The van der Waals surface area contributed by atoms with E-state index in [9.17, 15) is 22.8 Å². The van der Waals surface area contributed by atoms with E-state index in [4.69, 9.17) is 22.1 Å². The molecule has 0 saturated carbocycles. The molecule has 0 amide bonds. The first-order valence-corrected chi connectivity index (χ1v) is 12.0. The van der Waals surface area contributed by atoms with Crippen molar-refractivity contribution in [3.63, 3.8) is 0 Å². The van der Waals surface area contributed by atoms with Crippen molar-refractivity contribution in [2.75, 3.05) is 17.8 Å². The van der Waals surface area contributed by atoms with E-state index in [0.717, 1.165) is 17.1 Å². The quantitative estimate of drug-likeness (QED) is 0.184. The van der Waals surface area contributed by atoms with Crippen molar-refractivity contribution in [3.05, 3.63) is 71.4 Å². The maximum Gasteiger partial charge on any atom is 0.490 e. The summed E-state index contributed by atoms with van der Waals surface area (Å²) in [6, 6.07) is 21.3. The number of halogens is 4. The molecule has 230 valence electrons. The zero-order valence-electron chi connectivity index (χ0n) is 24.3. The second kappa shape index (κ2) is 23.1. The number of nitrogens with zero attached hydrogens (tertiary/aromatic N) is 4. The summed E-state index contributed by atoms with van der Waals surface area (Å²) in [5.41, 5.74) is 13.7. The Hall–Kier alpha value is -4.59. The van der Waals surface area contributed by atoms with Crippen LogP contribution in [-0.4, -0.2) is 34.3 Å². The molecule has 0 spiro atoms. The molecule has 0 aliphatic rings. The molecular formula is C28H37ClF3N7O3. The van der Waals surface area contributed by atoms with Crippen molar-refractivity contribution in [3.8, 4) is 17.8 Å². The molecule has 0 atom stereocenters. The van der Waals surface area contributed by atoms with E-state index in [-0.39, 0.29) is 31.2 Å². The predicted molar refractivity (Wildman–Crippen MR) is 159 cm³/mol. The van der Waals surface area contributed by atoms with E-state index >= 15 is 0 Å². The zero-order chi connectivity index (χ0) is 32.0. The van der Waals surface area contributed by atoms with Gasteiger partial charge in [0.05, 0.1) is 36.5 Å². The van der Waals surface area contributed by atoms with Gasteiger partial charge in [-0.1, -0.05) is 35.4 Å². The molecule has 0 unspecified atom stereocenters. The van der Waals surface area contributed by atoms with Gasteiger partial charge in [-0.25, -0.2) is 9.48 Å². The lowest BCUT2D eigenvalue weighted by molar-refractivity contribution is -0.199. The summed E-state index contributed by atoms with van der Waals surface area (Å²) in [6.07, 6.45) is -4.81. The lowest BCUT2D eigenvalue weighted by Gasteiger charge is -2.03. The minimum atomic E-state index is -4.85. The summed E-state index contributed by atoms with van der Waals surface area (Å²) in [4.78, 5) is 19.5. The molecule has 0 bridgehead atoms. The third-order valence-electron chi connectivity index (χ3n) is 4.19. The number of anilines is 2. The van der Waals surface area contributed by atoms with E-state index in [0.29, 0.717) is 5.82 Å². The van der Waals surface area contributed by atoms with Gasteiger partial charge in [0.2, 0.25) is 0 Å². The minimum Gasteiger partial charge on any atom is -0.459 e. The third-order valence-corrected chi connectivity index (χ3v) is 4.19. The molecule has 2 aromatic carbocycles. The first kappa shape index (κ1) is 41.9. The van der Waals surface area contributed by atoms with Crippen LogP contribution in [0.2, 0.25) is 0 Å². The maximum absolute atomic E-state index is 11.2. The van der Waals surface area contributed by atoms with Crippen LogP contribution in [0.5, 0.6) is 0 Å². The van der Waals surface area contributed by atoms with Crippen LogP contribution in [0.25, 0.3) is 5.69 Å². The van der Waals surface area contributed by atoms with E-state index in [2.05, 4.69) is 22.2 Å². The number of aromatic nitrogens is 2. The highest BCUT2D eigenvalue weighted by molar-refractivity contribution is 5.85. The van der Waals surface area contributed by atoms with Crippen molar-refractivity contribution in [2.45, 2.75) is 54.1 Å². The molecule has 3 aromatic rings. The first-order chi connectivity index (χ1) is 19.2. The monoisotopic (exact) mass is 611 g/mol. The molecule has 0 radical (unpaired) electrons. The van der Waals surface area contributed by atoms with Crippen LogP contribution in [0.1, 0.15) is 44.0 Å². The van der Waals surface area contributed by atoms with Crippen molar-refractivity contribution in [1.82, 2.24) is 9.78 Å². The topological polar surface area (TPSA) is 173 Å². The number of benzene rings is 2. The molecule has 10 nitrogen and oxygen atoms in total. The van der Waals surface area contributed by atoms with Crippen LogP contribution in [-0.2, 0) is 14.3 Å². The van der Waals surface area contributed by atoms with Crippen LogP contribution < -0.4 is 17.0 Å². The van der Waals surface area contributed by atoms with E-state index < -0.39 is 12.1 Å². The van der Waals surface area contributed by atoms with Gasteiger partial charge in [0.15, 0.2) is 0 Å². The summed E-state index contributed by atoms with van der Waals surface area (Å²) in [6.45, 7) is 9.91. The van der Waals surface area contributed by atoms with Gasteiger partial charge in [0, 0.05) is 18.7 Å². The summed E-state index contributed by atoms with van der Waals surface area (Å²) in [7, 11) is 0. The van der Waals surface area contributed by atoms with Gasteiger partial charge in [0.25, 0.3) is 0 Å². The number of aryl methyl sites for hydroxylation is 3. The second-order valence-electron chi connectivity index (χ2n) is 7.95. The molecule has 0 fully saturated rings. The Kier molecular flexibility index (Phi) is 23.1. The number of Topliss-reactive ketones (excluding diaryl/α,β-unsaturated/α-hetero) is 1. The van der Waals surface area contributed by atoms with Gasteiger partial charge in [-0.15, -0.1) is 12.4 Å². The highest BCUT2D eigenvalue weighted by atomic mass is 35.5. The number of nitrogens with one attached hydrogen (secondary N) is 1. The maximum atomic E-state index is 11.2. The average molecular weight is 612 g/mol. The Bertz CT molecular complexity index is 1270. The number of alkyl halides is 3. The molecular weight excluding hydrogens is 575 g/mol. The largest absolute Gasteiger partial charge is 0.490 e. The number of ether oxygens (including phenoxy) is 1. The van der Waals surface area contributed by atoms with Crippen LogP contribution in [0.3, 0.4) is 0 Å². The third kappa shape index (κ3) is 20.3. The molecule has 1 aromatic heterocycles. The van der Waals surface area contributed by atoms with E-state index in [1.54, 1.807) is 16.8 Å². The summed E-state index contributed by atoms with van der Waals surface area (Å²) in [5, 5.41) is 19.4. The van der Waals surface area contributed by atoms with Crippen LogP contribution in [0.15, 0.2) is 54.6 Å². The number of ketones is 1. The number of carbonyl (C=O) groups is 2. The number of nitrogen functional groups attached to an aromatic ring is 2. The Morgan fingerprint density at radius 2 is 1.48 bits per heavy atom. The van der Waals surface area contributed by atoms with Gasteiger partial charge in [-0.05, 0) is 58.9 Å². The highest BCUT2D eigenvalue weighted by Crippen LogP contribution is 2.16. The second-order valence-corrected chi connectivity index (χ2v) is 7.95. The fraction of sp³-hybridized carbons (Fsp3) is 0.321. The SMILES string of the molecule is CC#N.CC(=O)CC#N.CCOC(=O)C(F)(F)F.Cc1ccc(-n2nc(C)cc2N)cc1.Cc1ccc(NN)cc1.Cl. The number of hydrogen-bond acceptors (Lipinski definition) is 9. The number of hydrazine groups is 1. The van der Waals surface area contributed by atoms with Gasteiger partial charge < -0.3 is 15.9 Å².